The number of hydrogen-bond acceptors (Lipinski definition) is 1. The molecule has 0 amide bonds. The zero-order valence-electron chi connectivity index (χ0n) is 10.6. The molecule has 0 aliphatic heterocycles. The summed E-state index contributed by atoms with van der Waals surface area (Å²) in [5.41, 5.74) is 1.05. The van der Waals surface area contributed by atoms with Crippen molar-refractivity contribution in [3.8, 4) is 0 Å². The van der Waals surface area contributed by atoms with Crippen LogP contribution in [-0.2, 0) is 4.79 Å². The molecule has 0 bridgehead atoms. The molecule has 0 rings (SSSR count). The minimum atomic E-state index is 0.263. The number of carbonyl (C=O) groups is 1. The Morgan fingerprint density at radius 2 is 1.67 bits per heavy atom. The van der Waals surface area contributed by atoms with E-state index < -0.39 is 0 Å². The van der Waals surface area contributed by atoms with Gasteiger partial charge in [-0.15, -0.1) is 0 Å². The molecular formula is C14H26O. The predicted octanol–water partition coefficient (Wildman–Crippen LogP) is 4.66. The van der Waals surface area contributed by atoms with Crippen molar-refractivity contribution in [3.05, 3.63) is 11.6 Å². The second kappa shape index (κ2) is 9.95. The van der Waals surface area contributed by atoms with E-state index in [1.807, 2.05) is 0 Å². The first kappa shape index (κ1) is 14.4. The van der Waals surface area contributed by atoms with Crippen molar-refractivity contribution < 1.29 is 4.79 Å². The molecule has 1 heteroatoms. The van der Waals surface area contributed by atoms with Crippen molar-refractivity contribution in [1.82, 2.24) is 0 Å². The Morgan fingerprint density at radius 1 is 1.00 bits per heavy atom. The van der Waals surface area contributed by atoms with Crippen LogP contribution < -0.4 is 0 Å². The van der Waals surface area contributed by atoms with Crippen LogP contribution in [-0.4, -0.2) is 5.78 Å². The number of ketones is 1. The molecule has 0 aromatic rings. The fourth-order valence-corrected chi connectivity index (χ4v) is 1.64. The molecule has 0 aromatic carbocycles. The number of carbonyl (C=O) groups excluding carboxylic acids is 1. The number of hydrogen-bond donors (Lipinski definition) is 0. The highest BCUT2D eigenvalue weighted by molar-refractivity contribution is 5.93. The topological polar surface area (TPSA) is 17.1 Å². The summed E-state index contributed by atoms with van der Waals surface area (Å²) in [6.45, 7) is 6.07. The second-order valence-electron chi connectivity index (χ2n) is 4.24. The Morgan fingerprint density at radius 3 is 2.20 bits per heavy atom. The predicted molar refractivity (Wildman–Crippen MR) is 67.0 cm³/mol. The highest BCUT2D eigenvalue weighted by Gasteiger charge is 2.01. The van der Waals surface area contributed by atoms with E-state index in [-0.39, 0.29) is 5.78 Å². The lowest BCUT2D eigenvalue weighted by atomic mass is 10.0. The summed E-state index contributed by atoms with van der Waals surface area (Å²) in [6, 6.07) is 0. The van der Waals surface area contributed by atoms with Crippen LogP contribution in [0.1, 0.15) is 72.1 Å². The summed E-state index contributed by atoms with van der Waals surface area (Å²) in [5, 5.41) is 0. The molecule has 0 saturated carbocycles. The van der Waals surface area contributed by atoms with Crippen LogP contribution in [0, 0.1) is 0 Å². The summed E-state index contributed by atoms with van der Waals surface area (Å²) in [6.07, 6.45) is 11.6. The summed E-state index contributed by atoms with van der Waals surface area (Å²) < 4.78 is 0. The Kier molecular flexibility index (Phi) is 9.55. The number of Topliss-reactive ketones (excluding diaryl/α,β-unsaturated/α-hetero) is 1. The van der Waals surface area contributed by atoms with Gasteiger partial charge in [-0.05, 0) is 38.2 Å². The Labute approximate surface area is 95.0 Å². The van der Waals surface area contributed by atoms with Crippen molar-refractivity contribution in [3.63, 3.8) is 0 Å². The van der Waals surface area contributed by atoms with E-state index in [1.54, 1.807) is 6.92 Å². The van der Waals surface area contributed by atoms with Crippen LogP contribution in [0.2, 0.25) is 0 Å². The monoisotopic (exact) mass is 210 g/mol. The molecule has 0 heterocycles. The van der Waals surface area contributed by atoms with E-state index in [0.717, 1.165) is 24.8 Å². The van der Waals surface area contributed by atoms with Gasteiger partial charge in [0.1, 0.15) is 0 Å². The molecule has 0 N–H and O–H groups in total. The van der Waals surface area contributed by atoms with Gasteiger partial charge in [-0.2, -0.15) is 0 Å². The first-order chi connectivity index (χ1) is 7.22. The second-order valence-corrected chi connectivity index (χ2v) is 4.24. The van der Waals surface area contributed by atoms with Crippen LogP contribution in [0.3, 0.4) is 0 Å². The van der Waals surface area contributed by atoms with Crippen molar-refractivity contribution in [1.29, 1.82) is 0 Å². The molecule has 15 heavy (non-hydrogen) atoms. The van der Waals surface area contributed by atoms with Gasteiger partial charge < -0.3 is 0 Å². The lowest BCUT2D eigenvalue weighted by Crippen LogP contribution is -1.96. The first-order valence-electron chi connectivity index (χ1n) is 6.42. The van der Waals surface area contributed by atoms with Crippen molar-refractivity contribution in [2.75, 3.05) is 0 Å². The van der Waals surface area contributed by atoms with Gasteiger partial charge in [0.05, 0.1) is 0 Å². The van der Waals surface area contributed by atoms with E-state index in [9.17, 15) is 4.79 Å². The van der Waals surface area contributed by atoms with Crippen molar-refractivity contribution in [2.24, 2.45) is 0 Å². The van der Waals surface area contributed by atoms with Gasteiger partial charge in [-0.25, -0.2) is 0 Å². The third-order valence-corrected chi connectivity index (χ3v) is 2.70. The van der Waals surface area contributed by atoms with E-state index >= 15 is 0 Å². The summed E-state index contributed by atoms with van der Waals surface area (Å²) in [5.74, 6) is 0.263. The Balaban J connectivity index is 3.79. The van der Waals surface area contributed by atoms with Gasteiger partial charge in [-0.1, -0.05) is 45.6 Å². The van der Waals surface area contributed by atoms with Gasteiger partial charge in [-0.3, -0.25) is 4.79 Å². The zero-order chi connectivity index (χ0) is 11.5. The largest absolute Gasteiger partial charge is 0.295 e. The molecule has 0 atom stereocenters. The van der Waals surface area contributed by atoms with Crippen molar-refractivity contribution in [2.45, 2.75) is 72.1 Å². The molecule has 0 unspecified atom stereocenters. The highest BCUT2D eigenvalue weighted by Crippen LogP contribution is 2.11. The minimum absolute atomic E-state index is 0.263. The molecule has 0 fully saturated rings. The molecule has 0 radical (unpaired) electrons. The molecule has 0 aliphatic carbocycles. The third-order valence-electron chi connectivity index (χ3n) is 2.70. The number of unbranched alkanes of at least 4 members (excludes halogenated alkanes) is 5. The van der Waals surface area contributed by atoms with E-state index in [1.165, 1.54) is 32.1 Å². The maximum atomic E-state index is 11.3. The molecule has 1 nitrogen and oxygen atoms in total. The minimum Gasteiger partial charge on any atom is -0.295 e. The van der Waals surface area contributed by atoms with Gasteiger partial charge in [0, 0.05) is 0 Å². The SMILES string of the molecule is CCCCCC/C=C(/CCCC)C(C)=O. The maximum Gasteiger partial charge on any atom is 0.155 e. The Hall–Kier alpha value is -0.590. The highest BCUT2D eigenvalue weighted by atomic mass is 16.1. The molecule has 0 saturated heterocycles. The summed E-state index contributed by atoms with van der Waals surface area (Å²) in [4.78, 5) is 11.3. The van der Waals surface area contributed by atoms with E-state index in [4.69, 9.17) is 0 Å². The maximum absolute atomic E-state index is 11.3. The molecule has 0 spiro atoms. The van der Waals surface area contributed by atoms with Crippen LogP contribution >= 0.6 is 0 Å². The van der Waals surface area contributed by atoms with E-state index in [0.29, 0.717) is 0 Å². The van der Waals surface area contributed by atoms with Gasteiger partial charge >= 0.3 is 0 Å². The fourth-order valence-electron chi connectivity index (χ4n) is 1.64. The fraction of sp³-hybridized carbons (Fsp3) is 0.786. The average Bonchev–Trinajstić information content (AvgIpc) is 2.21. The molecule has 0 aliphatic rings. The molecule has 88 valence electrons. The van der Waals surface area contributed by atoms with Crippen LogP contribution in [0.4, 0.5) is 0 Å². The lowest BCUT2D eigenvalue weighted by Gasteiger charge is -2.02. The smallest absolute Gasteiger partial charge is 0.155 e. The number of allylic oxidation sites excluding steroid dienone is 2. The summed E-state index contributed by atoms with van der Waals surface area (Å²) >= 11 is 0. The van der Waals surface area contributed by atoms with E-state index in [2.05, 4.69) is 19.9 Å². The lowest BCUT2D eigenvalue weighted by molar-refractivity contribution is -0.113. The molecular weight excluding hydrogens is 184 g/mol. The standard InChI is InChI=1S/C14H26O/c1-4-6-8-9-10-12-14(13(3)15)11-7-5-2/h12H,4-11H2,1-3H3/b14-12-. The van der Waals surface area contributed by atoms with Crippen LogP contribution in [0.25, 0.3) is 0 Å². The first-order valence-corrected chi connectivity index (χ1v) is 6.42. The quantitative estimate of drug-likeness (QED) is 0.399. The summed E-state index contributed by atoms with van der Waals surface area (Å²) in [7, 11) is 0. The zero-order valence-corrected chi connectivity index (χ0v) is 10.6. The average molecular weight is 210 g/mol. The number of rotatable bonds is 9. The van der Waals surface area contributed by atoms with Crippen LogP contribution in [0.15, 0.2) is 11.6 Å². The van der Waals surface area contributed by atoms with Gasteiger partial charge in [0.25, 0.3) is 0 Å². The van der Waals surface area contributed by atoms with Gasteiger partial charge in [0.15, 0.2) is 5.78 Å². The third kappa shape index (κ3) is 8.41. The Bertz CT molecular complexity index is 192. The van der Waals surface area contributed by atoms with Crippen molar-refractivity contribution >= 4 is 5.78 Å². The normalized spacial score (nSPS) is 11.8. The van der Waals surface area contributed by atoms with Crippen LogP contribution in [0.5, 0.6) is 0 Å². The molecule has 0 aromatic heterocycles. The van der Waals surface area contributed by atoms with Gasteiger partial charge in [0.2, 0.25) is 0 Å².